The molecule has 92 valence electrons. The van der Waals surface area contributed by atoms with Gasteiger partial charge in [0.1, 0.15) is 0 Å². The van der Waals surface area contributed by atoms with Gasteiger partial charge in [-0.15, -0.1) is 0 Å². The number of halogens is 1. The number of hydrogen-bond acceptors (Lipinski definition) is 2. The van der Waals surface area contributed by atoms with Crippen LogP contribution in [0.2, 0.25) is 0 Å². The average molecular weight is 296 g/mol. The van der Waals surface area contributed by atoms with Gasteiger partial charge in [-0.25, -0.2) is 0 Å². The summed E-state index contributed by atoms with van der Waals surface area (Å²) in [6.45, 7) is 1.81. The van der Waals surface area contributed by atoms with Gasteiger partial charge in [-0.05, 0) is 30.5 Å². The molecule has 1 saturated heterocycles. The first-order valence-corrected chi connectivity index (χ1v) is 7.19. The van der Waals surface area contributed by atoms with Crippen molar-refractivity contribution in [1.82, 2.24) is 5.32 Å². The Kier molecular flexibility index (Phi) is 3.24. The predicted molar refractivity (Wildman–Crippen MR) is 72.0 cm³/mol. The molecular weight excluding hydrogens is 278 g/mol. The topological polar surface area (TPSA) is 21.3 Å². The molecule has 2 nitrogen and oxygen atoms in total. The van der Waals surface area contributed by atoms with Crippen LogP contribution >= 0.6 is 15.9 Å². The van der Waals surface area contributed by atoms with Gasteiger partial charge in [-0.3, -0.25) is 0 Å². The van der Waals surface area contributed by atoms with E-state index in [9.17, 15) is 0 Å². The molecule has 0 bridgehead atoms. The van der Waals surface area contributed by atoms with Crippen molar-refractivity contribution >= 4 is 15.9 Å². The van der Waals surface area contributed by atoms with Crippen LogP contribution in [0.3, 0.4) is 0 Å². The summed E-state index contributed by atoms with van der Waals surface area (Å²) in [5.41, 5.74) is 1.57. The second-order valence-corrected chi connectivity index (χ2v) is 6.14. The van der Waals surface area contributed by atoms with Crippen LogP contribution in [0.15, 0.2) is 28.7 Å². The van der Waals surface area contributed by atoms with Gasteiger partial charge in [-0.2, -0.15) is 0 Å². The third-order valence-electron chi connectivity index (χ3n) is 4.03. The Morgan fingerprint density at radius 1 is 1.18 bits per heavy atom. The Labute approximate surface area is 111 Å². The lowest BCUT2D eigenvalue weighted by Crippen LogP contribution is -2.53. The number of benzene rings is 1. The van der Waals surface area contributed by atoms with E-state index in [1.165, 1.54) is 31.2 Å². The second-order valence-electron chi connectivity index (χ2n) is 5.22. The minimum Gasteiger partial charge on any atom is -0.370 e. The largest absolute Gasteiger partial charge is 0.370 e. The van der Waals surface area contributed by atoms with Crippen molar-refractivity contribution < 1.29 is 4.74 Å². The molecule has 0 radical (unpaired) electrons. The second kappa shape index (κ2) is 4.71. The van der Waals surface area contributed by atoms with Crippen molar-refractivity contribution in [2.24, 2.45) is 0 Å². The molecule has 17 heavy (non-hydrogen) atoms. The third-order valence-corrected chi connectivity index (χ3v) is 4.55. The summed E-state index contributed by atoms with van der Waals surface area (Å²) >= 11 is 3.46. The van der Waals surface area contributed by atoms with Gasteiger partial charge in [0.25, 0.3) is 0 Å². The SMILES string of the molecule is Brc1ccc(C2CNC3(CCCC3)CO2)cc1. The van der Waals surface area contributed by atoms with E-state index in [0.29, 0.717) is 5.54 Å². The number of nitrogens with one attached hydrogen (secondary N) is 1. The van der Waals surface area contributed by atoms with Crippen LogP contribution in [0.5, 0.6) is 0 Å². The molecule has 3 heteroatoms. The van der Waals surface area contributed by atoms with E-state index in [4.69, 9.17) is 4.74 Å². The summed E-state index contributed by atoms with van der Waals surface area (Å²) < 4.78 is 7.19. The molecule has 1 aromatic carbocycles. The van der Waals surface area contributed by atoms with Gasteiger partial charge in [0.05, 0.1) is 12.7 Å². The maximum absolute atomic E-state index is 6.06. The predicted octanol–water partition coefficient (Wildman–Crippen LogP) is 3.42. The van der Waals surface area contributed by atoms with E-state index >= 15 is 0 Å². The normalized spacial score (nSPS) is 27.5. The quantitative estimate of drug-likeness (QED) is 0.857. The van der Waals surface area contributed by atoms with E-state index in [1.54, 1.807) is 0 Å². The van der Waals surface area contributed by atoms with Crippen molar-refractivity contribution in [3.8, 4) is 0 Å². The van der Waals surface area contributed by atoms with E-state index in [2.05, 4.69) is 45.5 Å². The molecule has 1 aromatic rings. The standard InChI is InChI=1S/C14H18BrNO/c15-12-5-3-11(4-6-12)13-9-16-14(10-17-13)7-1-2-8-14/h3-6,13,16H,1-2,7-10H2. The number of rotatable bonds is 1. The van der Waals surface area contributed by atoms with Crippen molar-refractivity contribution in [2.75, 3.05) is 13.2 Å². The first-order chi connectivity index (χ1) is 8.27. The highest BCUT2D eigenvalue weighted by Crippen LogP contribution is 2.35. The van der Waals surface area contributed by atoms with Crippen molar-refractivity contribution in [1.29, 1.82) is 0 Å². The number of ether oxygens (including phenoxy) is 1. The first kappa shape index (κ1) is 11.7. The average Bonchev–Trinajstić information content (AvgIpc) is 2.80. The van der Waals surface area contributed by atoms with Crippen molar-refractivity contribution in [2.45, 2.75) is 37.3 Å². The minimum atomic E-state index is 0.217. The monoisotopic (exact) mass is 295 g/mol. The Bertz CT molecular complexity index is 374. The molecule has 0 amide bonds. The highest BCUT2D eigenvalue weighted by Gasteiger charge is 2.38. The fourth-order valence-electron chi connectivity index (χ4n) is 2.94. The molecule has 0 aromatic heterocycles. The lowest BCUT2D eigenvalue weighted by molar-refractivity contribution is -0.0326. The van der Waals surface area contributed by atoms with Gasteiger partial charge in [0, 0.05) is 16.6 Å². The maximum atomic E-state index is 6.06. The zero-order chi connectivity index (χ0) is 11.7. The summed E-state index contributed by atoms with van der Waals surface area (Å²) in [5.74, 6) is 0. The van der Waals surface area contributed by atoms with Gasteiger partial charge >= 0.3 is 0 Å². The van der Waals surface area contributed by atoms with Crippen LogP contribution in [0.25, 0.3) is 0 Å². The molecule has 2 fully saturated rings. The molecule has 1 spiro atoms. The summed E-state index contributed by atoms with van der Waals surface area (Å²) in [6, 6.07) is 8.45. The fraction of sp³-hybridized carbons (Fsp3) is 0.571. The first-order valence-electron chi connectivity index (χ1n) is 6.40. The van der Waals surface area contributed by atoms with Gasteiger partial charge in [0.15, 0.2) is 0 Å². The fourth-order valence-corrected chi connectivity index (χ4v) is 3.21. The lowest BCUT2D eigenvalue weighted by Gasteiger charge is -2.38. The molecule has 2 aliphatic rings. The molecule has 1 N–H and O–H groups in total. The minimum absolute atomic E-state index is 0.217. The summed E-state index contributed by atoms with van der Waals surface area (Å²) in [4.78, 5) is 0. The molecule has 1 atom stereocenters. The molecule has 1 unspecified atom stereocenters. The Balaban J connectivity index is 1.66. The summed E-state index contributed by atoms with van der Waals surface area (Å²) in [7, 11) is 0. The molecule has 3 rings (SSSR count). The van der Waals surface area contributed by atoms with Gasteiger partial charge in [-0.1, -0.05) is 40.9 Å². The summed E-state index contributed by atoms with van der Waals surface area (Å²) in [5, 5.41) is 3.72. The zero-order valence-corrected chi connectivity index (χ0v) is 11.5. The highest BCUT2D eigenvalue weighted by molar-refractivity contribution is 9.10. The van der Waals surface area contributed by atoms with Crippen LogP contribution in [0.4, 0.5) is 0 Å². The van der Waals surface area contributed by atoms with Gasteiger partial charge < -0.3 is 10.1 Å². The molecule has 1 heterocycles. The van der Waals surface area contributed by atoms with Crippen molar-refractivity contribution in [3.05, 3.63) is 34.3 Å². The van der Waals surface area contributed by atoms with Crippen LogP contribution in [-0.2, 0) is 4.74 Å². The van der Waals surface area contributed by atoms with E-state index in [1.807, 2.05) is 0 Å². The molecular formula is C14H18BrNO. The Morgan fingerprint density at radius 3 is 2.47 bits per heavy atom. The van der Waals surface area contributed by atoms with E-state index in [-0.39, 0.29) is 6.10 Å². The zero-order valence-electron chi connectivity index (χ0n) is 9.92. The van der Waals surface area contributed by atoms with Crippen LogP contribution < -0.4 is 5.32 Å². The number of hydrogen-bond donors (Lipinski definition) is 1. The molecule has 1 saturated carbocycles. The smallest absolute Gasteiger partial charge is 0.0950 e. The van der Waals surface area contributed by atoms with Crippen molar-refractivity contribution in [3.63, 3.8) is 0 Å². The number of morpholine rings is 1. The Hall–Kier alpha value is -0.380. The highest BCUT2D eigenvalue weighted by atomic mass is 79.9. The van der Waals surface area contributed by atoms with Crippen LogP contribution in [-0.4, -0.2) is 18.7 Å². The summed E-state index contributed by atoms with van der Waals surface area (Å²) in [6.07, 6.45) is 5.47. The molecule has 1 aliphatic heterocycles. The Morgan fingerprint density at radius 2 is 1.88 bits per heavy atom. The molecule has 1 aliphatic carbocycles. The maximum Gasteiger partial charge on any atom is 0.0950 e. The van der Waals surface area contributed by atoms with E-state index < -0.39 is 0 Å². The van der Waals surface area contributed by atoms with E-state index in [0.717, 1.165) is 17.6 Å². The van der Waals surface area contributed by atoms with Gasteiger partial charge in [0.2, 0.25) is 0 Å². The third kappa shape index (κ3) is 2.42. The van der Waals surface area contributed by atoms with Crippen LogP contribution in [0.1, 0.15) is 37.4 Å². The van der Waals surface area contributed by atoms with Crippen LogP contribution in [0, 0.1) is 0 Å². The lowest BCUT2D eigenvalue weighted by atomic mass is 9.95.